The van der Waals surface area contributed by atoms with E-state index in [9.17, 15) is 9.59 Å². The number of nitrogens with one attached hydrogen (secondary N) is 2. The highest BCUT2D eigenvalue weighted by molar-refractivity contribution is 6.36. The monoisotopic (exact) mass is 409 g/mol. The second-order valence-electron chi connectivity index (χ2n) is 6.55. The molecule has 0 spiro atoms. The van der Waals surface area contributed by atoms with Gasteiger partial charge in [0.15, 0.2) is 0 Å². The molecule has 1 aromatic heterocycles. The van der Waals surface area contributed by atoms with Crippen LogP contribution in [-0.2, 0) is 9.59 Å². The number of hydrogen-bond acceptors (Lipinski definition) is 4. The molecular formula is C19H21Cl2N3O3. The van der Waals surface area contributed by atoms with Crippen LogP contribution < -0.4 is 10.6 Å². The Morgan fingerprint density at radius 2 is 2.15 bits per heavy atom. The first-order valence-corrected chi connectivity index (χ1v) is 9.52. The van der Waals surface area contributed by atoms with Crippen LogP contribution in [0.4, 0.5) is 5.69 Å². The largest absolute Gasteiger partial charge is 0.467 e. The van der Waals surface area contributed by atoms with Crippen molar-refractivity contribution in [2.24, 2.45) is 0 Å². The van der Waals surface area contributed by atoms with Gasteiger partial charge in [0, 0.05) is 5.02 Å². The standard InChI is InChI=1S/C19H21Cl2N3O3/c1-12(17-5-3-9-27-17)22-18(25)11-24-8-2-4-16(24)19(26)23-15-7-6-13(20)10-14(15)21/h3,5-7,9-10,12,16H,2,4,8,11H2,1H3,(H,22,25)(H,23,26)/t12-,16+/m1/s1. The second-order valence-corrected chi connectivity index (χ2v) is 7.39. The quantitative estimate of drug-likeness (QED) is 0.759. The Morgan fingerprint density at radius 3 is 2.85 bits per heavy atom. The fourth-order valence-corrected chi connectivity index (χ4v) is 3.66. The number of benzene rings is 1. The summed E-state index contributed by atoms with van der Waals surface area (Å²) in [4.78, 5) is 26.9. The maximum Gasteiger partial charge on any atom is 0.241 e. The van der Waals surface area contributed by atoms with E-state index in [1.807, 2.05) is 17.9 Å². The molecule has 2 heterocycles. The summed E-state index contributed by atoms with van der Waals surface area (Å²) >= 11 is 12.0. The number of nitrogens with zero attached hydrogens (tertiary/aromatic N) is 1. The van der Waals surface area contributed by atoms with Crippen molar-refractivity contribution in [1.29, 1.82) is 0 Å². The number of anilines is 1. The molecule has 0 bridgehead atoms. The van der Waals surface area contributed by atoms with Gasteiger partial charge < -0.3 is 15.1 Å². The first-order chi connectivity index (χ1) is 12.9. The van der Waals surface area contributed by atoms with Gasteiger partial charge in [-0.2, -0.15) is 0 Å². The zero-order valence-corrected chi connectivity index (χ0v) is 16.4. The number of carbonyl (C=O) groups is 2. The van der Waals surface area contributed by atoms with Gasteiger partial charge in [-0.3, -0.25) is 14.5 Å². The van der Waals surface area contributed by atoms with Crippen LogP contribution in [0.15, 0.2) is 41.0 Å². The summed E-state index contributed by atoms with van der Waals surface area (Å²) in [5, 5.41) is 6.60. The predicted octanol–water partition coefficient (Wildman–Crippen LogP) is 3.87. The molecule has 2 aromatic rings. The maximum absolute atomic E-state index is 12.7. The number of likely N-dealkylation sites (tertiary alicyclic amines) is 1. The van der Waals surface area contributed by atoms with Gasteiger partial charge in [0.05, 0.1) is 35.6 Å². The van der Waals surface area contributed by atoms with Crippen LogP contribution in [-0.4, -0.2) is 35.8 Å². The summed E-state index contributed by atoms with van der Waals surface area (Å²) in [6, 6.07) is 7.90. The molecule has 1 aliphatic rings. The molecule has 3 rings (SSSR count). The van der Waals surface area contributed by atoms with E-state index in [2.05, 4.69) is 10.6 Å². The molecule has 1 aliphatic heterocycles. The van der Waals surface area contributed by atoms with Gasteiger partial charge in [-0.05, 0) is 56.6 Å². The van der Waals surface area contributed by atoms with Crippen LogP contribution in [0.3, 0.4) is 0 Å². The Balaban J connectivity index is 1.57. The molecule has 2 amide bonds. The van der Waals surface area contributed by atoms with Crippen LogP contribution >= 0.6 is 23.2 Å². The van der Waals surface area contributed by atoms with Gasteiger partial charge in [-0.15, -0.1) is 0 Å². The lowest BCUT2D eigenvalue weighted by atomic mass is 10.2. The summed E-state index contributed by atoms with van der Waals surface area (Å²) in [6.45, 7) is 2.69. The van der Waals surface area contributed by atoms with Crippen molar-refractivity contribution >= 4 is 40.7 Å². The Morgan fingerprint density at radius 1 is 1.33 bits per heavy atom. The van der Waals surface area contributed by atoms with Crippen LogP contribution in [0.25, 0.3) is 0 Å². The highest BCUT2D eigenvalue weighted by Crippen LogP contribution is 2.27. The molecule has 2 N–H and O–H groups in total. The van der Waals surface area contributed by atoms with Gasteiger partial charge >= 0.3 is 0 Å². The van der Waals surface area contributed by atoms with Crippen molar-refractivity contribution in [3.05, 3.63) is 52.4 Å². The summed E-state index contributed by atoms with van der Waals surface area (Å²) in [6.07, 6.45) is 3.12. The lowest BCUT2D eigenvalue weighted by molar-refractivity contribution is -0.125. The van der Waals surface area contributed by atoms with E-state index in [4.69, 9.17) is 27.6 Å². The van der Waals surface area contributed by atoms with E-state index >= 15 is 0 Å². The van der Waals surface area contributed by atoms with Crippen molar-refractivity contribution in [2.75, 3.05) is 18.4 Å². The second kappa shape index (κ2) is 8.78. The number of carbonyl (C=O) groups excluding carboxylic acids is 2. The van der Waals surface area contributed by atoms with Crippen LogP contribution in [0.5, 0.6) is 0 Å². The molecular weight excluding hydrogens is 389 g/mol. The zero-order chi connectivity index (χ0) is 19.4. The Bertz CT molecular complexity index is 811. The molecule has 0 radical (unpaired) electrons. The number of hydrogen-bond donors (Lipinski definition) is 2. The molecule has 0 aliphatic carbocycles. The van der Waals surface area contributed by atoms with Gasteiger partial charge in [0.1, 0.15) is 5.76 Å². The molecule has 1 fully saturated rings. The van der Waals surface area contributed by atoms with Crippen molar-refractivity contribution in [1.82, 2.24) is 10.2 Å². The topological polar surface area (TPSA) is 74.6 Å². The molecule has 8 heteroatoms. The van der Waals surface area contributed by atoms with Crippen molar-refractivity contribution in [3.63, 3.8) is 0 Å². The van der Waals surface area contributed by atoms with Crippen LogP contribution in [0.1, 0.15) is 31.6 Å². The molecule has 1 aromatic carbocycles. The SMILES string of the molecule is C[C@@H](NC(=O)CN1CCC[C@H]1C(=O)Nc1ccc(Cl)cc1Cl)c1ccco1. The fraction of sp³-hybridized carbons (Fsp3) is 0.368. The zero-order valence-electron chi connectivity index (χ0n) is 14.9. The maximum atomic E-state index is 12.7. The average molecular weight is 410 g/mol. The third kappa shape index (κ3) is 5.03. The minimum Gasteiger partial charge on any atom is -0.467 e. The minimum atomic E-state index is -0.374. The first kappa shape index (κ1) is 19.7. The predicted molar refractivity (Wildman–Crippen MR) is 105 cm³/mol. The van der Waals surface area contributed by atoms with Crippen LogP contribution in [0.2, 0.25) is 10.0 Å². The van der Waals surface area contributed by atoms with E-state index in [-0.39, 0.29) is 30.4 Å². The van der Waals surface area contributed by atoms with Crippen molar-refractivity contribution in [2.45, 2.75) is 31.8 Å². The summed E-state index contributed by atoms with van der Waals surface area (Å²) in [5.74, 6) is 0.364. The first-order valence-electron chi connectivity index (χ1n) is 8.77. The number of rotatable bonds is 6. The highest BCUT2D eigenvalue weighted by Gasteiger charge is 2.32. The van der Waals surface area contributed by atoms with Crippen LogP contribution in [0, 0.1) is 0 Å². The van der Waals surface area contributed by atoms with Gasteiger partial charge in [-0.25, -0.2) is 0 Å². The Kier molecular flexibility index (Phi) is 6.42. The van der Waals surface area contributed by atoms with E-state index in [0.717, 1.165) is 6.42 Å². The molecule has 1 saturated heterocycles. The molecule has 27 heavy (non-hydrogen) atoms. The van der Waals surface area contributed by atoms with Crippen molar-refractivity contribution in [3.8, 4) is 0 Å². The van der Waals surface area contributed by atoms with E-state index in [1.165, 1.54) is 0 Å². The molecule has 6 nitrogen and oxygen atoms in total. The van der Waals surface area contributed by atoms with Gasteiger partial charge in [0.2, 0.25) is 11.8 Å². The number of furan rings is 1. The smallest absolute Gasteiger partial charge is 0.241 e. The summed E-state index contributed by atoms with van der Waals surface area (Å²) in [5.41, 5.74) is 0.508. The number of amides is 2. The molecule has 0 saturated carbocycles. The molecule has 0 unspecified atom stereocenters. The normalized spacial score (nSPS) is 18.3. The fourth-order valence-electron chi connectivity index (χ4n) is 3.20. The lowest BCUT2D eigenvalue weighted by Gasteiger charge is -2.24. The molecule has 144 valence electrons. The summed E-state index contributed by atoms with van der Waals surface area (Å²) < 4.78 is 5.30. The third-order valence-corrected chi connectivity index (χ3v) is 5.10. The summed E-state index contributed by atoms with van der Waals surface area (Å²) in [7, 11) is 0. The molecule has 2 atom stereocenters. The van der Waals surface area contributed by atoms with Gasteiger partial charge in [-0.1, -0.05) is 23.2 Å². The average Bonchev–Trinajstić information content (AvgIpc) is 3.28. The number of halogens is 2. The van der Waals surface area contributed by atoms with E-state index in [0.29, 0.717) is 34.5 Å². The highest BCUT2D eigenvalue weighted by atomic mass is 35.5. The van der Waals surface area contributed by atoms with Gasteiger partial charge in [0.25, 0.3) is 0 Å². The Hall–Kier alpha value is -2.02. The van der Waals surface area contributed by atoms with Crippen molar-refractivity contribution < 1.29 is 14.0 Å². The third-order valence-electron chi connectivity index (χ3n) is 4.55. The lowest BCUT2D eigenvalue weighted by Crippen LogP contribution is -2.45. The van der Waals surface area contributed by atoms with E-state index < -0.39 is 0 Å². The Labute approximate surface area is 167 Å². The minimum absolute atomic E-state index is 0.150. The van der Waals surface area contributed by atoms with E-state index in [1.54, 1.807) is 30.5 Å².